The Hall–Kier alpha value is -1.38. The lowest BCUT2D eigenvalue weighted by molar-refractivity contribution is -0.00497. The van der Waals surface area contributed by atoms with Crippen LogP contribution in [0.25, 0.3) is 0 Å². The Morgan fingerprint density at radius 1 is 1.36 bits per heavy atom. The Balaban J connectivity index is 2.18. The van der Waals surface area contributed by atoms with Crippen molar-refractivity contribution in [2.24, 2.45) is 0 Å². The molecule has 72 valence electrons. The molecule has 2 aliphatic rings. The highest BCUT2D eigenvalue weighted by molar-refractivity contribution is 5.92. The topological polar surface area (TPSA) is 39.2 Å². The molecule has 1 aliphatic carbocycles. The lowest BCUT2D eigenvalue weighted by Crippen LogP contribution is -2.21. The van der Waals surface area contributed by atoms with Crippen molar-refractivity contribution in [3.63, 3.8) is 0 Å². The number of carbonyl (C=O) groups is 1. The lowest BCUT2D eigenvalue weighted by atomic mass is 9.93. The first kappa shape index (κ1) is 7.97. The van der Waals surface area contributed by atoms with Crippen molar-refractivity contribution in [2.75, 3.05) is 0 Å². The van der Waals surface area contributed by atoms with E-state index in [2.05, 4.69) is 4.98 Å². The van der Waals surface area contributed by atoms with E-state index in [9.17, 15) is 4.79 Å². The smallest absolute Gasteiger partial charge is 0.358 e. The second-order valence-corrected chi connectivity index (χ2v) is 3.99. The minimum Gasteiger partial charge on any atom is -0.449 e. The van der Waals surface area contributed by atoms with Crippen LogP contribution in [0.5, 0.6) is 0 Å². The zero-order valence-electron chi connectivity index (χ0n) is 7.82. The minimum absolute atomic E-state index is 0.248. The Kier molecular flexibility index (Phi) is 1.46. The first-order chi connectivity index (χ1) is 6.82. The monoisotopic (exact) mass is 189 g/mol. The van der Waals surface area contributed by atoms with Crippen LogP contribution in [0, 0.1) is 0 Å². The summed E-state index contributed by atoms with van der Waals surface area (Å²) >= 11 is 0. The van der Waals surface area contributed by atoms with Gasteiger partial charge in [0.2, 0.25) is 0 Å². The maximum Gasteiger partial charge on any atom is 0.358 e. The van der Waals surface area contributed by atoms with Gasteiger partial charge in [-0.2, -0.15) is 0 Å². The molecule has 0 saturated heterocycles. The van der Waals surface area contributed by atoms with Crippen LogP contribution >= 0.6 is 0 Å². The van der Waals surface area contributed by atoms with E-state index in [-0.39, 0.29) is 11.6 Å². The molecule has 1 aliphatic heterocycles. The van der Waals surface area contributed by atoms with E-state index in [0.29, 0.717) is 5.69 Å². The summed E-state index contributed by atoms with van der Waals surface area (Å²) in [5.74, 6) is -0.248. The zero-order chi connectivity index (χ0) is 9.60. The third-order valence-electron chi connectivity index (χ3n) is 3.19. The molecule has 14 heavy (non-hydrogen) atoms. The SMILES string of the molecule is O=C1OC2(CCCC2)c2cccnc21. The normalized spacial score (nSPS) is 22.4. The molecule has 3 rings (SSSR count). The first-order valence-corrected chi connectivity index (χ1v) is 5.01. The zero-order valence-corrected chi connectivity index (χ0v) is 7.82. The molecule has 1 aromatic heterocycles. The maximum absolute atomic E-state index is 11.5. The summed E-state index contributed by atoms with van der Waals surface area (Å²) in [7, 11) is 0. The number of carbonyl (C=O) groups excluding carboxylic acids is 1. The first-order valence-electron chi connectivity index (χ1n) is 5.01. The quantitative estimate of drug-likeness (QED) is 0.586. The Morgan fingerprint density at radius 3 is 2.93 bits per heavy atom. The fraction of sp³-hybridized carbons (Fsp3) is 0.455. The molecule has 0 N–H and O–H groups in total. The van der Waals surface area contributed by atoms with Gasteiger partial charge in [-0.05, 0) is 31.7 Å². The van der Waals surface area contributed by atoms with Gasteiger partial charge in [0.1, 0.15) is 5.60 Å². The fourth-order valence-corrected chi connectivity index (χ4v) is 2.53. The van der Waals surface area contributed by atoms with E-state index in [1.54, 1.807) is 6.20 Å². The number of hydrogen-bond acceptors (Lipinski definition) is 3. The summed E-state index contributed by atoms with van der Waals surface area (Å²) in [4.78, 5) is 15.6. The molecule has 0 unspecified atom stereocenters. The van der Waals surface area contributed by atoms with Crippen molar-refractivity contribution in [2.45, 2.75) is 31.3 Å². The second-order valence-electron chi connectivity index (χ2n) is 3.99. The number of pyridine rings is 1. The van der Waals surface area contributed by atoms with E-state index in [1.165, 1.54) is 0 Å². The largest absolute Gasteiger partial charge is 0.449 e. The molecule has 3 heteroatoms. The summed E-state index contributed by atoms with van der Waals surface area (Å²) in [5, 5.41) is 0. The van der Waals surface area contributed by atoms with E-state index in [1.807, 2.05) is 12.1 Å². The third kappa shape index (κ3) is 0.870. The Labute approximate surface area is 82.1 Å². The van der Waals surface area contributed by atoms with Crippen LogP contribution < -0.4 is 0 Å². The van der Waals surface area contributed by atoms with E-state index in [0.717, 1.165) is 31.2 Å². The van der Waals surface area contributed by atoms with Crippen LogP contribution in [-0.4, -0.2) is 11.0 Å². The highest BCUT2D eigenvalue weighted by Gasteiger charge is 2.47. The summed E-state index contributed by atoms with van der Waals surface area (Å²) in [6, 6.07) is 3.85. The van der Waals surface area contributed by atoms with Gasteiger partial charge >= 0.3 is 5.97 Å². The average Bonchev–Trinajstić information content (AvgIpc) is 2.77. The predicted octanol–water partition coefficient (Wildman–Crippen LogP) is 2.02. The van der Waals surface area contributed by atoms with Gasteiger partial charge in [-0.1, -0.05) is 6.07 Å². The number of rotatable bonds is 0. The minimum atomic E-state index is -0.319. The molecule has 1 fully saturated rings. The van der Waals surface area contributed by atoms with Crippen LogP contribution in [0.2, 0.25) is 0 Å². The molecular formula is C11H11NO2. The molecule has 2 heterocycles. The van der Waals surface area contributed by atoms with Crippen LogP contribution in [0.1, 0.15) is 41.7 Å². The van der Waals surface area contributed by atoms with Gasteiger partial charge < -0.3 is 4.74 Å². The van der Waals surface area contributed by atoms with Crippen LogP contribution in [0.15, 0.2) is 18.3 Å². The van der Waals surface area contributed by atoms with Gasteiger partial charge in [-0.3, -0.25) is 0 Å². The van der Waals surface area contributed by atoms with E-state index in [4.69, 9.17) is 4.74 Å². The molecule has 0 atom stereocenters. The highest BCUT2D eigenvalue weighted by Crippen LogP contribution is 2.47. The van der Waals surface area contributed by atoms with Gasteiger partial charge in [0.15, 0.2) is 5.69 Å². The van der Waals surface area contributed by atoms with Gasteiger partial charge in [0.05, 0.1) is 0 Å². The lowest BCUT2D eigenvalue weighted by Gasteiger charge is -2.21. The highest BCUT2D eigenvalue weighted by atomic mass is 16.6. The predicted molar refractivity (Wildman–Crippen MR) is 49.8 cm³/mol. The number of ether oxygens (including phenoxy) is 1. The number of hydrogen-bond donors (Lipinski definition) is 0. The standard InChI is InChI=1S/C11H11NO2/c13-10-9-8(4-3-7-12-9)11(14-10)5-1-2-6-11/h3-4,7H,1-2,5-6H2. The van der Waals surface area contributed by atoms with Crippen molar-refractivity contribution in [1.82, 2.24) is 4.98 Å². The Morgan fingerprint density at radius 2 is 2.14 bits per heavy atom. The van der Waals surface area contributed by atoms with Gasteiger partial charge in [0.25, 0.3) is 0 Å². The molecule has 3 nitrogen and oxygen atoms in total. The number of esters is 1. The number of nitrogens with zero attached hydrogens (tertiary/aromatic N) is 1. The van der Waals surface area contributed by atoms with Crippen LogP contribution in [0.4, 0.5) is 0 Å². The van der Waals surface area contributed by atoms with Crippen molar-refractivity contribution in [3.05, 3.63) is 29.6 Å². The number of aromatic nitrogens is 1. The molecule has 0 radical (unpaired) electrons. The second kappa shape index (κ2) is 2.56. The van der Waals surface area contributed by atoms with Crippen LogP contribution in [-0.2, 0) is 10.3 Å². The van der Waals surface area contributed by atoms with Crippen molar-refractivity contribution in [1.29, 1.82) is 0 Å². The molecule has 1 saturated carbocycles. The summed E-state index contributed by atoms with van der Waals surface area (Å²) < 4.78 is 5.48. The summed E-state index contributed by atoms with van der Waals surface area (Å²) in [6.45, 7) is 0. The van der Waals surface area contributed by atoms with Crippen molar-refractivity contribution < 1.29 is 9.53 Å². The average molecular weight is 189 g/mol. The molecule has 0 aromatic carbocycles. The summed E-state index contributed by atoms with van der Waals surface area (Å²) in [6.07, 6.45) is 5.84. The Bertz CT molecular complexity index is 394. The molecule has 0 bridgehead atoms. The van der Waals surface area contributed by atoms with Gasteiger partial charge in [-0.25, -0.2) is 9.78 Å². The van der Waals surface area contributed by atoms with Crippen LogP contribution in [0.3, 0.4) is 0 Å². The number of fused-ring (bicyclic) bond motifs is 2. The van der Waals surface area contributed by atoms with E-state index < -0.39 is 0 Å². The molecule has 1 spiro atoms. The summed E-state index contributed by atoms with van der Waals surface area (Å²) in [5.41, 5.74) is 1.21. The van der Waals surface area contributed by atoms with Crippen molar-refractivity contribution in [3.8, 4) is 0 Å². The fourth-order valence-electron chi connectivity index (χ4n) is 2.53. The molecule has 0 amide bonds. The van der Waals surface area contributed by atoms with Crippen molar-refractivity contribution >= 4 is 5.97 Å². The maximum atomic E-state index is 11.5. The third-order valence-corrected chi connectivity index (χ3v) is 3.19. The van der Waals surface area contributed by atoms with Gasteiger partial charge in [-0.15, -0.1) is 0 Å². The molecular weight excluding hydrogens is 178 g/mol. The molecule has 1 aromatic rings. The van der Waals surface area contributed by atoms with E-state index >= 15 is 0 Å². The van der Waals surface area contributed by atoms with Gasteiger partial charge in [0, 0.05) is 11.8 Å².